The largest absolute Gasteiger partial charge is 0.207 e. The first-order chi connectivity index (χ1) is 21.7. The van der Waals surface area contributed by atoms with Crippen LogP contribution in [0.25, 0.3) is 76.8 Å². The van der Waals surface area contributed by atoms with E-state index >= 15 is 4.39 Å². The van der Waals surface area contributed by atoms with Gasteiger partial charge >= 0.3 is 0 Å². The average molecular weight is 569 g/mol. The van der Waals surface area contributed by atoms with Gasteiger partial charge in [0.05, 0.1) is 0 Å². The number of hydrogen-bond donors (Lipinski definition) is 0. The number of rotatable bonds is 4. The number of benzene rings is 8. The van der Waals surface area contributed by atoms with Crippen molar-refractivity contribution in [1.82, 2.24) is 0 Å². The molecule has 0 bridgehead atoms. The van der Waals surface area contributed by atoms with Crippen LogP contribution in [0, 0.1) is 11.6 Å². The van der Waals surface area contributed by atoms with E-state index < -0.39 is 0 Å². The van der Waals surface area contributed by atoms with E-state index in [0.29, 0.717) is 0 Å². The smallest absolute Gasteiger partial charge is 0.123 e. The van der Waals surface area contributed by atoms with Crippen LogP contribution in [0.1, 0.15) is 0 Å². The Labute approximate surface area is 254 Å². The number of halogens is 2. The molecule has 0 aliphatic rings. The molecule has 0 nitrogen and oxygen atoms in total. The lowest BCUT2D eigenvalue weighted by atomic mass is 9.77. The summed E-state index contributed by atoms with van der Waals surface area (Å²) in [4.78, 5) is 0. The Morgan fingerprint density at radius 3 is 1.07 bits per heavy atom. The Bertz CT molecular complexity index is 2320. The summed E-state index contributed by atoms with van der Waals surface area (Å²) in [5, 5.41) is 6.36. The van der Waals surface area contributed by atoms with Crippen molar-refractivity contribution in [3.05, 3.63) is 169 Å². The molecule has 0 spiro atoms. The minimum Gasteiger partial charge on any atom is -0.207 e. The maximum atomic E-state index is 15.0. The summed E-state index contributed by atoms with van der Waals surface area (Å²) >= 11 is 0. The van der Waals surface area contributed by atoms with Gasteiger partial charge < -0.3 is 0 Å². The lowest BCUT2D eigenvalue weighted by Gasteiger charge is -2.25. The van der Waals surface area contributed by atoms with E-state index in [1.807, 2.05) is 42.5 Å². The Kier molecular flexibility index (Phi) is 6.27. The molecule has 0 saturated carbocycles. The molecule has 8 aromatic carbocycles. The van der Waals surface area contributed by atoms with Crippen LogP contribution < -0.4 is 0 Å². The first-order valence-corrected chi connectivity index (χ1v) is 14.7. The van der Waals surface area contributed by atoms with E-state index in [1.165, 1.54) is 18.2 Å². The third-order valence-electron chi connectivity index (χ3n) is 8.55. The van der Waals surface area contributed by atoms with Crippen molar-refractivity contribution in [2.45, 2.75) is 0 Å². The fraction of sp³-hybridized carbons (Fsp3) is 0. The topological polar surface area (TPSA) is 0 Å². The molecule has 0 saturated heterocycles. The first-order valence-electron chi connectivity index (χ1n) is 14.7. The standard InChI is InChI=1S/C42H26F2/c43-31-24-22-29(23-25-31)39-35-20-9-10-21-36(35)40(30-16-11-17-32(44)26-30)42-38(28-14-5-2-6-15-28)34-19-8-7-18-33(34)37(41(39)42)27-12-3-1-4-13-27/h1-26H. The van der Waals surface area contributed by atoms with Gasteiger partial charge in [-0.25, -0.2) is 8.78 Å². The van der Waals surface area contributed by atoms with E-state index in [-0.39, 0.29) is 11.6 Å². The van der Waals surface area contributed by atoms with Crippen LogP contribution in [0.3, 0.4) is 0 Å². The van der Waals surface area contributed by atoms with Crippen molar-refractivity contribution in [2.24, 2.45) is 0 Å². The summed E-state index contributed by atoms with van der Waals surface area (Å²) in [7, 11) is 0. The second-order valence-electron chi connectivity index (χ2n) is 11.1. The summed E-state index contributed by atoms with van der Waals surface area (Å²) < 4.78 is 29.4. The zero-order valence-electron chi connectivity index (χ0n) is 23.8. The van der Waals surface area contributed by atoms with Gasteiger partial charge in [0.15, 0.2) is 0 Å². The molecule has 8 rings (SSSR count). The highest BCUT2D eigenvalue weighted by Gasteiger charge is 2.25. The van der Waals surface area contributed by atoms with Crippen LogP contribution in [0.15, 0.2) is 158 Å². The van der Waals surface area contributed by atoms with E-state index in [4.69, 9.17) is 0 Å². The van der Waals surface area contributed by atoms with Gasteiger partial charge in [0.1, 0.15) is 11.6 Å². The van der Waals surface area contributed by atoms with E-state index in [0.717, 1.165) is 76.8 Å². The molecular weight excluding hydrogens is 542 g/mol. The van der Waals surface area contributed by atoms with Crippen LogP contribution in [0.4, 0.5) is 8.78 Å². The van der Waals surface area contributed by atoms with Crippen molar-refractivity contribution >= 4 is 32.3 Å². The Balaban J connectivity index is 1.76. The molecule has 44 heavy (non-hydrogen) atoms. The fourth-order valence-corrected chi connectivity index (χ4v) is 6.80. The Morgan fingerprint density at radius 1 is 0.273 bits per heavy atom. The lowest BCUT2D eigenvalue weighted by molar-refractivity contribution is 0.628. The highest BCUT2D eigenvalue weighted by atomic mass is 19.1. The molecule has 8 aromatic rings. The highest BCUT2D eigenvalue weighted by Crippen LogP contribution is 2.53. The van der Waals surface area contributed by atoms with Crippen LogP contribution >= 0.6 is 0 Å². The molecule has 0 fully saturated rings. The summed E-state index contributed by atoms with van der Waals surface area (Å²) in [6.07, 6.45) is 0. The monoisotopic (exact) mass is 568 g/mol. The minimum atomic E-state index is -0.285. The first kappa shape index (κ1) is 26.1. The fourth-order valence-electron chi connectivity index (χ4n) is 6.80. The molecule has 0 N–H and O–H groups in total. The maximum Gasteiger partial charge on any atom is 0.123 e. The van der Waals surface area contributed by atoms with E-state index in [9.17, 15) is 4.39 Å². The summed E-state index contributed by atoms with van der Waals surface area (Å²) in [6, 6.07) is 51.4. The van der Waals surface area contributed by atoms with Crippen molar-refractivity contribution in [2.75, 3.05) is 0 Å². The van der Waals surface area contributed by atoms with Gasteiger partial charge in [-0.2, -0.15) is 0 Å². The molecule has 208 valence electrons. The molecule has 2 heteroatoms. The average Bonchev–Trinajstić information content (AvgIpc) is 3.07. The Morgan fingerprint density at radius 2 is 0.636 bits per heavy atom. The second kappa shape index (κ2) is 10.6. The summed E-state index contributed by atoms with van der Waals surface area (Å²) in [6.45, 7) is 0. The van der Waals surface area contributed by atoms with Crippen LogP contribution in [0.5, 0.6) is 0 Å². The van der Waals surface area contributed by atoms with Crippen molar-refractivity contribution in [1.29, 1.82) is 0 Å². The van der Waals surface area contributed by atoms with Crippen LogP contribution in [-0.4, -0.2) is 0 Å². The molecule has 0 atom stereocenters. The van der Waals surface area contributed by atoms with Gasteiger partial charge in [0.2, 0.25) is 0 Å². The van der Waals surface area contributed by atoms with E-state index in [2.05, 4.69) is 84.9 Å². The zero-order valence-corrected chi connectivity index (χ0v) is 23.8. The van der Waals surface area contributed by atoms with Crippen molar-refractivity contribution in [3.63, 3.8) is 0 Å². The number of hydrogen-bond acceptors (Lipinski definition) is 0. The quantitative estimate of drug-likeness (QED) is 0.185. The lowest BCUT2D eigenvalue weighted by Crippen LogP contribution is -1.98. The van der Waals surface area contributed by atoms with Crippen molar-refractivity contribution < 1.29 is 8.78 Å². The van der Waals surface area contributed by atoms with E-state index in [1.54, 1.807) is 12.1 Å². The third-order valence-corrected chi connectivity index (χ3v) is 8.55. The predicted octanol–water partition coefficient (Wildman–Crippen LogP) is 12.1. The number of fused-ring (bicyclic) bond motifs is 3. The molecule has 0 aliphatic carbocycles. The van der Waals surface area contributed by atoms with Gasteiger partial charge in [0.25, 0.3) is 0 Å². The van der Waals surface area contributed by atoms with Gasteiger partial charge in [-0.05, 0) is 101 Å². The molecule has 0 aromatic heterocycles. The molecule has 0 unspecified atom stereocenters. The minimum absolute atomic E-state index is 0.280. The van der Waals surface area contributed by atoms with Crippen LogP contribution in [0.2, 0.25) is 0 Å². The van der Waals surface area contributed by atoms with Gasteiger partial charge in [-0.3, -0.25) is 0 Å². The maximum absolute atomic E-state index is 15.0. The SMILES string of the molecule is Fc1ccc(-c2c3ccccc3c(-c3cccc(F)c3)c3c(-c4ccccc4)c4ccccc4c(-c4ccccc4)c23)cc1. The van der Waals surface area contributed by atoms with Crippen molar-refractivity contribution in [3.8, 4) is 44.5 Å². The summed E-state index contributed by atoms with van der Waals surface area (Å²) in [5.41, 5.74) is 8.07. The van der Waals surface area contributed by atoms with Gasteiger partial charge in [0, 0.05) is 0 Å². The zero-order chi connectivity index (χ0) is 29.6. The molecule has 0 aliphatic heterocycles. The van der Waals surface area contributed by atoms with Gasteiger partial charge in [-0.15, -0.1) is 0 Å². The van der Waals surface area contributed by atoms with Crippen LogP contribution in [-0.2, 0) is 0 Å². The predicted molar refractivity (Wildman–Crippen MR) is 181 cm³/mol. The molecule has 0 heterocycles. The molecule has 0 radical (unpaired) electrons. The third kappa shape index (κ3) is 4.19. The molecule has 0 amide bonds. The van der Waals surface area contributed by atoms with Gasteiger partial charge in [-0.1, -0.05) is 133 Å². The molecular formula is C42H26F2. The summed E-state index contributed by atoms with van der Waals surface area (Å²) in [5.74, 6) is -0.565. The second-order valence-corrected chi connectivity index (χ2v) is 11.1. The normalized spacial score (nSPS) is 11.4. The highest BCUT2D eigenvalue weighted by molar-refractivity contribution is 6.33. The Hall–Kier alpha value is -5.60.